The number of methoxy groups -OCH3 is 1. The maximum atomic E-state index is 12.2. The number of hydrogen-bond acceptors (Lipinski definition) is 3. The summed E-state index contributed by atoms with van der Waals surface area (Å²) in [5, 5.41) is 2.88. The lowest BCUT2D eigenvalue weighted by Crippen LogP contribution is -2.33. The van der Waals surface area contributed by atoms with Gasteiger partial charge in [-0.3, -0.25) is 9.59 Å². The fourth-order valence-corrected chi connectivity index (χ4v) is 2.63. The van der Waals surface area contributed by atoms with Gasteiger partial charge in [-0.1, -0.05) is 48.0 Å². The molecule has 26 heavy (non-hydrogen) atoms. The smallest absolute Gasteiger partial charge is 0.222 e. The molecular formula is C21H26N2O3. The van der Waals surface area contributed by atoms with Crippen molar-refractivity contribution in [3.63, 3.8) is 0 Å². The van der Waals surface area contributed by atoms with Crippen molar-refractivity contribution >= 4 is 11.8 Å². The average Bonchev–Trinajstić information content (AvgIpc) is 2.64. The van der Waals surface area contributed by atoms with Gasteiger partial charge in [0.2, 0.25) is 11.8 Å². The number of ether oxygens (including phenoxy) is 1. The predicted molar refractivity (Wildman–Crippen MR) is 102 cm³/mol. The first kappa shape index (κ1) is 19.5. The molecule has 0 aromatic heterocycles. The van der Waals surface area contributed by atoms with E-state index >= 15 is 0 Å². The molecule has 2 rings (SSSR count). The van der Waals surface area contributed by atoms with E-state index in [1.807, 2.05) is 55.5 Å². The lowest BCUT2D eigenvalue weighted by Gasteiger charge is -2.21. The lowest BCUT2D eigenvalue weighted by atomic mass is 10.1. The van der Waals surface area contributed by atoms with Crippen LogP contribution in [0.25, 0.3) is 0 Å². The van der Waals surface area contributed by atoms with E-state index < -0.39 is 0 Å². The monoisotopic (exact) mass is 354 g/mol. The minimum absolute atomic E-state index is 0.0388. The van der Waals surface area contributed by atoms with Crippen LogP contribution in [0.3, 0.4) is 0 Å². The molecule has 2 amide bonds. The Kier molecular flexibility index (Phi) is 7.21. The Morgan fingerprint density at radius 3 is 2.42 bits per heavy atom. The van der Waals surface area contributed by atoms with Gasteiger partial charge in [-0.15, -0.1) is 0 Å². The minimum atomic E-state index is -0.0916. The summed E-state index contributed by atoms with van der Waals surface area (Å²) in [4.78, 5) is 25.7. The molecule has 0 aliphatic rings. The number of amides is 2. The van der Waals surface area contributed by atoms with Crippen molar-refractivity contribution in [2.24, 2.45) is 0 Å². The Morgan fingerprint density at radius 1 is 1.08 bits per heavy atom. The molecule has 2 aromatic rings. The first-order valence-electron chi connectivity index (χ1n) is 8.69. The highest BCUT2D eigenvalue weighted by atomic mass is 16.5. The zero-order valence-corrected chi connectivity index (χ0v) is 15.6. The minimum Gasteiger partial charge on any atom is -0.496 e. The normalized spacial score (nSPS) is 10.3. The molecule has 0 heterocycles. The third kappa shape index (κ3) is 5.92. The Morgan fingerprint density at radius 2 is 1.77 bits per heavy atom. The molecule has 0 spiro atoms. The molecule has 0 unspecified atom stereocenters. The van der Waals surface area contributed by atoms with Crippen molar-refractivity contribution in [3.05, 3.63) is 65.2 Å². The average molecular weight is 354 g/mol. The van der Waals surface area contributed by atoms with Crippen molar-refractivity contribution in [1.82, 2.24) is 10.2 Å². The molecule has 0 saturated carbocycles. The van der Waals surface area contributed by atoms with Gasteiger partial charge in [0, 0.05) is 38.5 Å². The second-order valence-electron chi connectivity index (χ2n) is 6.26. The second kappa shape index (κ2) is 9.61. The van der Waals surface area contributed by atoms with E-state index in [0.717, 1.165) is 16.9 Å². The van der Waals surface area contributed by atoms with Gasteiger partial charge in [0.05, 0.1) is 7.11 Å². The van der Waals surface area contributed by atoms with Crippen LogP contribution in [0.2, 0.25) is 0 Å². The van der Waals surface area contributed by atoms with E-state index in [1.165, 1.54) is 12.5 Å². The van der Waals surface area contributed by atoms with Crippen molar-refractivity contribution in [2.45, 2.75) is 33.4 Å². The molecule has 5 nitrogen and oxygen atoms in total. The number of carbonyl (C=O) groups is 2. The van der Waals surface area contributed by atoms with E-state index in [0.29, 0.717) is 19.6 Å². The molecule has 0 fully saturated rings. The van der Waals surface area contributed by atoms with Crippen molar-refractivity contribution in [1.29, 1.82) is 0 Å². The second-order valence-corrected chi connectivity index (χ2v) is 6.26. The first-order valence-corrected chi connectivity index (χ1v) is 8.69. The summed E-state index contributed by atoms with van der Waals surface area (Å²) in [6.45, 7) is 4.86. The van der Waals surface area contributed by atoms with Gasteiger partial charge in [-0.05, 0) is 18.6 Å². The van der Waals surface area contributed by atoms with Crippen LogP contribution in [0.4, 0.5) is 0 Å². The zero-order chi connectivity index (χ0) is 18.9. The highest BCUT2D eigenvalue weighted by molar-refractivity contribution is 5.78. The van der Waals surface area contributed by atoms with Crippen LogP contribution in [0, 0.1) is 6.92 Å². The van der Waals surface area contributed by atoms with Crippen LogP contribution in [0.5, 0.6) is 5.75 Å². The number of aryl methyl sites for hydroxylation is 1. The quantitative estimate of drug-likeness (QED) is 0.793. The molecule has 0 aliphatic heterocycles. The summed E-state index contributed by atoms with van der Waals surface area (Å²) < 4.78 is 5.28. The fourth-order valence-electron chi connectivity index (χ4n) is 2.63. The van der Waals surface area contributed by atoms with E-state index in [9.17, 15) is 9.59 Å². The molecule has 0 atom stereocenters. The fraction of sp³-hybridized carbons (Fsp3) is 0.333. The maximum absolute atomic E-state index is 12.2. The van der Waals surface area contributed by atoms with Gasteiger partial charge < -0.3 is 15.0 Å². The maximum Gasteiger partial charge on any atom is 0.222 e. The Hall–Kier alpha value is -2.82. The van der Waals surface area contributed by atoms with E-state index in [4.69, 9.17) is 4.74 Å². The molecule has 0 saturated heterocycles. The predicted octanol–water partition coefficient (Wildman–Crippen LogP) is 3.06. The number of rotatable bonds is 8. The molecule has 0 bridgehead atoms. The van der Waals surface area contributed by atoms with Crippen molar-refractivity contribution in [2.75, 3.05) is 13.7 Å². The number of nitrogens with zero attached hydrogens (tertiary/aromatic N) is 1. The van der Waals surface area contributed by atoms with Crippen molar-refractivity contribution in [3.8, 4) is 5.75 Å². The van der Waals surface area contributed by atoms with Crippen LogP contribution < -0.4 is 10.1 Å². The summed E-state index contributed by atoms with van der Waals surface area (Å²) in [5.41, 5.74) is 3.16. The molecule has 0 radical (unpaired) electrons. The number of benzene rings is 2. The van der Waals surface area contributed by atoms with Gasteiger partial charge >= 0.3 is 0 Å². The van der Waals surface area contributed by atoms with Gasteiger partial charge in [-0.2, -0.15) is 0 Å². The molecule has 0 aliphatic carbocycles. The largest absolute Gasteiger partial charge is 0.496 e. The van der Waals surface area contributed by atoms with Crippen LogP contribution >= 0.6 is 0 Å². The lowest BCUT2D eigenvalue weighted by molar-refractivity contribution is -0.130. The van der Waals surface area contributed by atoms with Crippen LogP contribution in [-0.4, -0.2) is 30.4 Å². The summed E-state index contributed by atoms with van der Waals surface area (Å²) in [7, 11) is 1.61. The van der Waals surface area contributed by atoms with E-state index in [1.54, 1.807) is 12.0 Å². The highest BCUT2D eigenvalue weighted by Gasteiger charge is 2.12. The number of carbonyl (C=O) groups excluding carboxylic acids is 2. The number of nitrogens with one attached hydrogen (secondary N) is 1. The Labute approximate surface area is 155 Å². The Bertz CT molecular complexity index is 741. The molecule has 138 valence electrons. The third-order valence-corrected chi connectivity index (χ3v) is 4.22. The standard InChI is InChI=1S/C21H26N2O3/c1-16-8-10-18(11-9-16)15-23(17(2)24)13-12-21(25)22-14-19-6-4-5-7-20(19)26-3/h4-11H,12-15H2,1-3H3,(H,22,25). The van der Waals surface area contributed by atoms with Crippen LogP contribution in [-0.2, 0) is 22.7 Å². The van der Waals surface area contributed by atoms with Gasteiger partial charge in [-0.25, -0.2) is 0 Å². The molecule has 1 N–H and O–H groups in total. The highest BCUT2D eigenvalue weighted by Crippen LogP contribution is 2.16. The van der Waals surface area contributed by atoms with Crippen molar-refractivity contribution < 1.29 is 14.3 Å². The van der Waals surface area contributed by atoms with Gasteiger partial charge in [0.1, 0.15) is 5.75 Å². The van der Waals surface area contributed by atoms with Gasteiger partial charge in [0.15, 0.2) is 0 Å². The Balaban J connectivity index is 1.85. The van der Waals surface area contributed by atoms with E-state index in [2.05, 4.69) is 5.32 Å². The first-order chi connectivity index (χ1) is 12.5. The van der Waals surface area contributed by atoms with Gasteiger partial charge in [0.25, 0.3) is 0 Å². The summed E-state index contributed by atoms with van der Waals surface area (Å²) in [5.74, 6) is 0.617. The summed E-state index contributed by atoms with van der Waals surface area (Å²) in [6, 6.07) is 15.6. The topological polar surface area (TPSA) is 58.6 Å². The number of hydrogen-bond donors (Lipinski definition) is 1. The molecule has 5 heteroatoms. The van der Waals surface area contributed by atoms with Crippen LogP contribution in [0.1, 0.15) is 30.0 Å². The number of para-hydroxylation sites is 1. The SMILES string of the molecule is COc1ccccc1CNC(=O)CCN(Cc1ccc(C)cc1)C(C)=O. The van der Waals surface area contributed by atoms with E-state index in [-0.39, 0.29) is 18.2 Å². The molecule has 2 aromatic carbocycles. The summed E-state index contributed by atoms with van der Waals surface area (Å²) >= 11 is 0. The third-order valence-electron chi connectivity index (χ3n) is 4.22. The summed E-state index contributed by atoms with van der Waals surface area (Å²) in [6.07, 6.45) is 0.264. The molecular weight excluding hydrogens is 328 g/mol. The zero-order valence-electron chi connectivity index (χ0n) is 15.6. The van der Waals surface area contributed by atoms with Crippen LogP contribution in [0.15, 0.2) is 48.5 Å².